The van der Waals surface area contributed by atoms with E-state index < -0.39 is 0 Å². The number of rotatable bonds is 5. The van der Waals surface area contributed by atoms with Gasteiger partial charge < -0.3 is 15.6 Å². The summed E-state index contributed by atoms with van der Waals surface area (Å²) in [4.78, 5) is 12.1. The van der Waals surface area contributed by atoms with E-state index in [2.05, 4.69) is 22.4 Å². The van der Waals surface area contributed by atoms with Crippen LogP contribution in [0, 0.1) is 12.8 Å². The fourth-order valence-corrected chi connectivity index (χ4v) is 3.65. The summed E-state index contributed by atoms with van der Waals surface area (Å²) in [5.41, 5.74) is 0.803. The van der Waals surface area contributed by atoms with Gasteiger partial charge in [-0.15, -0.1) is 10.2 Å². The third kappa shape index (κ3) is 3.75. The van der Waals surface area contributed by atoms with Crippen molar-refractivity contribution in [1.29, 1.82) is 0 Å². The number of nitrogens with zero attached hydrogens (tertiary/aromatic N) is 3. The molecule has 0 radical (unpaired) electrons. The highest BCUT2D eigenvalue weighted by Gasteiger charge is 2.21. The van der Waals surface area contributed by atoms with Crippen molar-refractivity contribution in [3.63, 3.8) is 0 Å². The van der Waals surface area contributed by atoms with Gasteiger partial charge in [-0.2, -0.15) is 0 Å². The third-order valence-corrected chi connectivity index (χ3v) is 5.42. The van der Waals surface area contributed by atoms with Crippen molar-refractivity contribution in [1.82, 2.24) is 20.2 Å². The Bertz CT molecular complexity index is 703. The van der Waals surface area contributed by atoms with Crippen molar-refractivity contribution < 1.29 is 9.21 Å². The molecule has 1 fully saturated rings. The van der Waals surface area contributed by atoms with E-state index in [1.807, 2.05) is 6.92 Å². The van der Waals surface area contributed by atoms with Crippen LogP contribution in [0.4, 0.5) is 0 Å². The maximum Gasteiger partial charge on any atom is 0.230 e. The van der Waals surface area contributed by atoms with Crippen LogP contribution in [-0.4, -0.2) is 32.6 Å². The average Bonchev–Trinajstić information content (AvgIpc) is 3.13. The fraction of sp³-hybridized carbons (Fsp3) is 0.562. The van der Waals surface area contributed by atoms with Crippen LogP contribution in [0.3, 0.4) is 0 Å². The number of hydrogen-bond donors (Lipinski definition) is 2. The van der Waals surface area contributed by atoms with Crippen molar-refractivity contribution in [2.75, 3.05) is 11.6 Å². The highest BCUT2D eigenvalue weighted by Crippen LogP contribution is 2.26. The molecule has 0 aliphatic heterocycles. The molecule has 0 bridgehead atoms. The van der Waals surface area contributed by atoms with E-state index >= 15 is 0 Å². The molecule has 1 amide bonds. The number of nitrogens with one attached hydrogen (secondary N) is 1. The summed E-state index contributed by atoms with van der Waals surface area (Å²) in [6, 6.07) is 2.10. The lowest BCUT2D eigenvalue weighted by molar-refractivity contribution is -0.119. The molecule has 7 nitrogen and oxygen atoms in total. The summed E-state index contributed by atoms with van der Waals surface area (Å²) in [5.74, 6) is 8.38. The van der Waals surface area contributed by atoms with E-state index in [0.29, 0.717) is 17.0 Å². The molecule has 3 rings (SSSR count). The first-order chi connectivity index (χ1) is 11.5. The lowest BCUT2D eigenvalue weighted by Gasteiger charge is -2.26. The first kappa shape index (κ1) is 16.9. The minimum atomic E-state index is 0.0172. The Morgan fingerprint density at radius 1 is 1.42 bits per heavy atom. The molecule has 24 heavy (non-hydrogen) atoms. The molecule has 0 spiro atoms. The zero-order chi connectivity index (χ0) is 17.1. The standard InChI is InChI=1S/C16H23N5O2S/c1-10-3-5-12(6-4-10)18-14(22)9-24-16-20-19-15(21(16)17)13-7-8-23-11(13)2/h7-8,10,12H,3-6,9,17H2,1-2H3,(H,18,22). The summed E-state index contributed by atoms with van der Waals surface area (Å²) >= 11 is 1.29. The second-order valence-electron chi connectivity index (χ2n) is 6.38. The fourth-order valence-electron chi connectivity index (χ4n) is 2.98. The predicted molar refractivity (Wildman–Crippen MR) is 92.9 cm³/mol. The van der Waals surface area contributed by atoms with Gasteiger partial charge in [0.15, 0.2) is 5.82 Å². The van der Waals surface area contributed by atoms with Crippen molar-refractivity contribution >= 4 is 17.7 Å². The molecule has 0 unspecified atom stereocenters. The summed E-state index contributed by atoms with van der Waals surface area (Å²) in [6.45, 7) is 4.11. The van der Waals surface area contributed by atoms with E-state index in [-0.39, 0.29) is 11.7 Å². The Morgan fingerprint density at radius 2 is 2.17 bits per heavy atom. The van der Waals surface area contributed by atoms with Gasteiger partial charge in [0.2, 0.25) is 11.1 Å². The summed E-state index contributed by atoms with van der Waals surface area (Å²) in [5, 5.41) is 11.8. The average molecular weight is 349 g/mol. The van der Waals surface area contributed by atoms with Crippen molar-refractivity contribution in [2.24, 2.45) is 5.92 Å². The highest BCUT2D eigenvalue weighted by atomic mass is 32.2. The SMILES string of the molecule is Cc1occc1-c1nnc(SCC(=O)NC2CCC(C)CC2)n1N. The van der Waals surface area contributed by atoms with Gasteiger partial charge in [-0.25, -0.2) is 4.68 Å². The molecular formula is C16H23N5O2S. The second kappa shape index (κ2) is 7.29. The lowest BCUT2D eigenvalue weighted by atomic mass is 9.87. The Morgan fingerprint density at radius 3 is 2.83 bits per heavy atom. The third-order valence-electron chi connectivity index (χ3n) is 4.48. The van der Waals surface area contributed by atoms with E-state index in [1.165, 1.54) is 29.3 Å². The molecular weight excluding hydrogens is 326 g/mol. The first-order valence-electron chi connectivity index (χ1n) is 8.21. The predicted octanol–water partition coefficient (Wildman–Crippen LogP) is 2.35. The molecule has 1 aliphatic carbocycles. The van der Waals surface area contributed by atoms with Gasteiger partial charge in [-0.05, 0) is 44.6 Å². The number of amides is 1. The zero-order valence-electron chi connectivity index (χ0n) is 14.0. The number of thioether (sulfide) groups is 1. The quantitative estimate of drug-likeness (QED) is 0.635. The van der Waals surface area contributed by atoms with Crippen LogP contribution in [0.2, 0.25) is 0 Å². The normalized spacial score (nSPS) is 20.9. The minimum absolute atomic E-state index is 0.0172. The zero-order valence-corrected chi connectivity index (χ0v) is 14.8. The number of nitrogen functional groups attached to an aromatic ring is 1. The Labute approximate surface area is 145 Å². The molecule has 1 saturated carbocycles. The first-order valence-corrected chi connectivity index (χ1v) is 9.20. The summed E-state index contributed by atoms with van der Waals surface area (Å²) in [7, 11) is 0. The Hall–Kier alpha value is -1.96. The van der Waals surface area contributed by atoms with Gasteiger partial charge in [0, 0.05) is 6.04 Å². The van der Waals surface area contributed by atoms with E-state index in [1.54, 1.807) is 12.3 Å². The lowest BCUT2D eigenvalue weighted by Crippen LogP contribution is -2.38. The number of hydrogen-bond acceptors (Lipinski definition) is 6. The van der Waals surface area contributed by atoms with E-state index in [4.69, 9.17) is 10.3 Å². The molecule has 1 aliphatic rings. The van der Waals surface area contributed by atoms with Crippen LogP contribution in [-0.2, 0) is 4.79 Å². The number of aromatic nitrogens is 3. The molecule has 2 aromatic heterocycles. The largest absolute Gasteiger partial charge is 0.469 e. The molecule has 3 N–H and O–H groups in total. The van der Waals surface area contributed by atoms with Crippen molar-refractivity contribution in [3.8, 4) is 11.4 Å². The molecule has 2 heterocycles. The molecule has 0 atom stereocenters. The highest BCUT2D eigenvalue weighted by molar-refractivity contribution is 7.99. The van der Waals surface area contributed by atoms with Crippen molar-refractivity contribution in [3.05, 3.63) is 18.1 Å². The topological polar surface area (TPSA) is 99.0 Å². The number of carbonyl (C=O) groups is 1. The number of nitrogens with two attached hydrogens (primary N) is 1. The maximum absolute atomic E-state index is 12.1. The molecule has 0 saturated heterocycles. The molecule has 8 heteroatoms. The van der Waals surface area contributed by atoms with Gasteiger partial charge in [-0.1, -0.05) is 18.7 Å². The maximum atomic E-state index is 12.1. The van der Waals surface area contributed by atoms with Gasteiger partial charge in [0.25, 0.3) is 0 Å². The van der Waals surface area contributed by atoms with Crippen molar-refractivity contribution in [2.45, 2.75) is 50.7 Å². The summed E-state index contributed by atoms with van der Waals surface area (Å²) < 4.78 is 6.67. The molecule has 2 aromatic rings. The molecule has 130 valence electrons. The van der Waals surface area contributed by atoms with Crippen LogP contribution in [0.5, 0.6) is 0 Å². The van der Waals surface area contributed by atoms with Gasteiger partial charge in [-0.3, -0.25) is 4.79 Å². The Kier molecular flexibility index (Phi) is 5.13. The van der Waals surface area contributed by atoms with Crippen LogP contribution in [0.25, 0.3) is 11.4 Å². The number of aryl methyl sites for hydroxylation is 1. The van der Waals surface area contributed by atoms with Crippen LogP contribution in [0.1, 0.15) is 38.4 Å². The monoisotopic (exact) mass is 349 g/mol. The van der Waals surface area contributed by atoms with E-state index in [0.717, 1.165) is 30.1 Å². The Balaban J connectivity index is 1.54. The second-order valence-corrected chi connectivity index (χ2v) is 7.32. The van der Waals surface area contributed by atoms with Crippen LogP contribution in [0.15, 0.2) is 21.9 Å². The molecule has 0 aromatic carbocycles. The smallest absolute Gasteiger partial charge is 0.230 e. The van der Waals surface area contributed by atoms with E-state index in [9.17, 15) is 4.79 Å². The van der Waals surface area contributed by atoms with Gasteiger partial charge in [0.1, 0.15) is 5.76 Å². The van der Waals surface area contributed by atoms with Gasteiger partial charge in [0.05, 0.1) is 17.6 Å². The van der Waals surface area contributed by atoms with Gasteiger partial charge >= 0.3 is 0 Å². The number of carbonyl (C=O) groups excluding carboxylic acids is 1. The summed E-state index contributed by atoms with van der Waals surface area (Å²) in [6.07, 6.45) is 6.08. The number of furan rings is 1. The minimum Gasteiger partial charge on any atom is -0.469 e. The van der Waals surface area contributed by atoms with Crippen LogP contribution >= 0.6 is 11.8 Å². The van der Waals surface area contributed by atoms with Crippen LogP contribution < -0.4 is 11.2 Å².